The van der Waals surface area contributed by atoms with Crippen LogP contribution in [0.2, 0.25) is 0 Å². The Hall–Kier alpha value is -1.68. The fourth-order valence-electron chi connectivity index (χ4n) is 2.02. The van der Waals surface area contributed by atoms with Gasteiger partial charge in [0.1, 0.15) is 0 Å². The molecule has 4 nitrogen and oxygen atoms in total. The van der Waals surface area contributed by atoms with Gasteiger partial charge in [0.2, 0.25) is 0 Å². The van der Waals surface area contributed by atoms with Crippen LogP contribution in [0.25, 0.3) is 5.69 Å². The van der Waals surface area contributed by atoms with E-state index in [1.54, 1.807) is 0 Å². The van der Waals surface area contributed by atoms with Gasteiger partial charge in [-0.05, 0) is 59.2 Å². The molecule has 20 heavy (non-hydrogen) atoms. The van der Waals surface area contributed by atoms with Gasteiger partial charge in [-0.25, -0.2) is 4.68 Å². The third kappa shape index (κ3) is 3.25. The van der Waals surface area contributed by atoms with Crippen LogP contribution in [0.5, 0.6) is 0 Å². The minimum Gasteiger partial charge on any atom is -0.306 e. The maximum absolute atomic E-state index is 4.60. The summed E-state index contributed by atoms with van der Waals surface area (Å²) >= 11 is 0. The van der Waals surface area contributed by atoms with Crippen molar-refractivity contribution in [2.24, 2.45) is 0 Å². The molecule has 0 aliphatic heterocycles. The van der Waals surface area contributed by atoms with Crippen molar-refractivity contribution in [2.45, 2.75) is 53.6 Å². The topological polar surface area (TPSA) is 42.7 Å². The predicted octanol–water partition coefficient (Wildman–Crippen LogP) is 3.08. The lowest BCUT2D eigenvalue weighted by atomic mass is 10.1. The molecule has 0 amide bonds. The summed E-state index contributed by atoms with van der Waals surface area (Å²) in [5, 5.41) is 8.05. The lowest BCUT2D eigenvalue weighted by Crippen LogP contribution is -2.35. The number of pyridine rings is 1. The second-order valence-electron chi connectivity index (χ2n) is 6.32. The molecule has 0 saturated carbocycles. The Balaban J connectivity index is 2.28. The molecule has 2 heterocycles. The normalized spacial score (nSPS) is 11.9. The van der Waals surface area contributed by atoms with E-state index >= 15 is 0 Å². The monoisotopic (exact) mass is 272 g/mol. The standard InChI is InChI=1S/C16H24N4/c1-11-12(2)19-20(13(11)3)15-7-8-17-14(9-15)10-18-16(4,5)6/h7-9,18H,10H2,1-6H3. The van der Waals surface area contributed by atoms with Crippen LogP contribution in [0.3, 0.4) is 0 Å². The third-order valence-electron chi connectivity index (χ3n) is 3.50. The Bertz CT molecular complexity index is 605. The molecule has 0 aliphatic rings. The number of aryl methyl sites for hydroxylation is 1. The summed E-state index contributed by atoms with van der Waals surface area (Å²) in [5.41, 5.74) is 5.70. The largest absolute Gasteiger partial charge is 0.306 e. The lowest BCUT2D eigenvalue weighted by molar-refractivity contribution is 0.421. The summed E-state index contributed by atoms with van der Waals surface area (Å²) in [6, 6.07) is 4.09. The van der Waals surface area contributed by atoms with E-state index in [-0.39, 0.29) is 5.54 Å². The van der Waals surface area contributed by atoms with Crippen molar-refractivity contribution in [2.75, 3.05) is 0 Å². The molecular weight excluding hydrogens is 248 g/mol. The zero-order valence-electron chi connectivity index (χ0n) is 13.3. The van der Waals surface area contributed by atoms with Gasteiger partial charge in [0.15, 0.2) is 0 Å². The van der Waals surface area contributed by atoms with Crippen molar-refractivity contribution < 1.29 is 0 Å². The summed E-state index contributed by atoms with van der Waals surface area (Å²) in [7, 11) is 0. The van der Waals surface area contributed by atoms with Crippen molar-refractivity contribution in [3.63, 3.8) is 0 Å². The average Bonchev–Trinajstić information content (AvgIpc) is 2.64. The Morgan fingerprint density at radius 1 is 1.20 bits per heavy atom. The van der Waals surface area contributed by atoms with Gasteiger partial charge in [-0.15, -0.1) is 0 Å². The van der Waals surface area contributed by atoms with Gasteiger partial charge in [0.25, 0.3) is 0 Å². The highest BCUT2D eigenvalue weighted by atomic mass is 15.3. The minimum absolute atomic E-state index is 0.0898. The van der Waals surface area contributed by atoms with Gasteiger partial charge >= 0.3 is 0 Å². The van der Waals surface area contributed by atoms with Gasteiger partial charge in [0, 0.05) is 24.0 Å². The van der Waals surface area contributed by atoms with E-state index in [0.717, 1.165) is 23.6 Å². The molecule has 108 valence electrons. The second kappa shape index (κ2) is 5.37. The molecule has 0 radical (unpaired) electrons. The van der Waals surface area contributed by atoms with Crippen molar-refractivity contribution >= 4 is 0 Å². The van der Waals surface area contributed by atoms with E-state index in [2.05, 4.69) is 56.1 Å². The highest BCUT2D eigenvalue weighted by Crippen LogP contribution is 2.17. The summed E-state index contributed by atoms with van der Waals surface area (Å²) in [6.45, 7) is 13.5. The molecule has 0 unspecified atom stereocenters. The fraction of sp³-hybridized carbons (Fsp3) is 0.500. The van der Waals surface area contributed by atoms with E-state index in [1.807, 2.05) is 23.9 Å². The molecule has 0 saturated heterocycles. The number of nitrogens with zero attached hydrogens (tertiary/aromatic N) is 3. The highest BCUT2D eigenvalue weighted by Gasteiger charge is 2.11. The van der Waals surface area contributed by atoms with E-state index in [1.165, 1.54) is 11.3 Å². The van der Waals surface area contributed by atoms with Gasteiger partial charge in [-0.3, -0.25) is 4.98 Å². The Kier molecular flexibility index (Phi) is 3.95. The molecule has 4 heteroatoms. The molecule has 0 atom stereocenters. The Labute approximate surface area is 121 Å². The summed E-state index contributed by atoms with van der Waals surface area (Å²) in [4.78, 5) is 4.42. The maximum Gasteiger partial charge on any atom is 0.0682 e. The van der Waals surface area contributed by atoms with E-state index in [0.29, 0.717) is 0 Å². The molecule has 0 bridgehead atoms. The van der Waals surface area contributed by atoms with E-state index < -0.39 is 0 Å². The van der Waals surface area contributed by atoms with Crippen LogP contribution in [0.4, 0.5) is 0 Å². The number of hydrogen-bond donors (Lipinski definition) is 1. The molecule has 0 spiro atoms. The van der Waals surface area contributed by atoms with Crippen LogP contribution < -0.4 is 5.32 Å². The zero-order chi connectivity index (χ0) is 14.9. The molecule has 0 aromatic carbocycles. The van der Waals surface area contributed by atoms with Gasteiger partial charge in [-0.2, -0.15) is 5.10 Å². The van der Waals surface area contributed by atoms with Crippen molar-refractivity contribution in [1.29, 1.82) is 0 Å². The van der Waals surface area contributed by atoms with Crippen LogP contribution in [0, 0.1) is 20.8 Å². The second-order valence-corrected chi connectivity index (χ2v) is 6.32. The molecule has 2 aromatic rings. The summed E-state index contributed by atoms with van der Waals surface area (Å²) in [5.74, 6) is 0. The highest BCUT2D eigenvalue weighted by molar-refractivity contribution is 5.36. The van der Waals surface area contributed by atoms with Crippen LogP contribution in [-0.2, 0) is 6.54 Å². The average molecular weight is 272 g/mol. The SMILES string of the molecule is Cc1nn(-c2ccnc(CNC(C)(C)C)c2)c(C)c1C. The number of aromatic nitrogens is 3. The van der Waals surface area contributed by atoms with E-state index in [4.69, 9.17) is 0 Å². The Morgan fingerprint density at radius 2 is 1.90 bits per heavy atom. The molecule has 0 aliphatic carbocycles. The van der Waals surface area contributed by atoms with E-state index in [9.17, 15) is 0 Å². The Morgan fingerprint density at radius 3 is 2.45 bits per heavy atom. The van der Waals surface area contributed by atoms with Crippen molar-refractivity contribution in [3.05, 3.63) is 41.0 Å². The van der Waals surface area contributed by atoms with Gasteiger partial charge in [-0.1, -0.05) is 0 Å². The predicted molar refractivity (Wildman–Crippen MR) is 82.2 cm³/mol. The molecular formula is C16H24N4. The van der Waals surface area contributed by atoms with Gasteiger partial charge < -0.3 is 5.32 Å². The van der Waals surface area contributed by atoms with Crippen LogP contribution >= 0.6 is 0 Å². The molecule has 1 N–H and O–H groups in total. The van der Waals surface area contributed by atoms with Crippen LogP contribution in [0.15, 0.2) is 18.3 Å². The number of rotatable bonds is 3. The van der Waals surface area contributed by atoms with Crippen LogP contribution in [0.1, 0.15) is 43.4 Å². The van der Waals surface area contributed by atoms with Crippen LogP contribution in [-0.4, -0.2) is 20.3 Å². The first-order chi connectivity index (χ1) is 9.28. The van der Waals surface area contributed by atoms with Gasteiger partial charge in [0.05, 0.1) is 17.1 Å². The lowest BCUT2D eigenvalue weighted by Gasteiger charge is -2.20. The number of hydrogen-bond acceptors (Lipinski definition) is 3. The molecule has 0 fully saturated rings. The quantitative estimate of drug-likeness (QED) is 0.933. The van der Waals surface area contributed by atoms with Crippen molar-refractivity contribution in [3.8, 4) is 5.69 Å². The third-order valence-corrected chi connectivity index (χ3v) is 3.50. The minimum atomic E-state index is 0.0898. The number of nitrogens with one attached hydrogen (secondary N) is 1. The maximum atomic E-state index is 4.60. The first kappa shape index (κ1) is 14.7. The first-order valence-electron chi connectivity index (χ1n) is 7.01. The molecule has 2 aromatic heterocycles. The smallest absolute Gasteiger partial charge is 0.0682 e. The summed E-state index contributed by atoms with van der Waals surface area (Å²) in [6.07, 6.45) is 1.85. The zero-order valence-corrected chi connectivity index (χ0v) is 13.3. The first-order valence-corrected chi connectivity index (χ1v) is 7.01. The van der Waals surface area contributed by atoms with Crippen molar-refractivity contribution in [1.82, 2.24) is 20.1 Å². The molecule has 2 rings (SSSR count). The fourth-order valence-corrected chi connectivity index (χ4v) is 2.02. The summed E-state index contributed by atoms with van der Waals surface area (Å²) < 4.78 is 1.99.